The Labute approximate surface area is 155 Å². The molecule has 0 saturated heterocycles. The van der Waals surface area contributed by atoms with Crippen molar-refractivity contribution in [1.29, 1.82) is 0 Å². The molecule has 0 radical (unpaired) electrons. The number of allylic oxidation sites excluding steroid dienone is 2. The molecule has 3 rings (SSSR count). The van der Waals surface area contributed by atoms with Crippen molar-refractivity contribution in [2.24, 2.45) is 5.41 Å². The number of hydrogen-bond donors (Lipinski definition) is 0. The SMILES string of the molecule is CCOCC1(CC)CC=C(c2c(C(=O)OCC)nn3c2COCC3)CC1. The van der Waals surface area contributed by atoms with Gasteiger partial charge in [0.05, 0.1) is 38.7 Å². The summed E-state index contributed by atoms with van der Waals surface area (Å²) in [6.45, 7) is 9.79. The zero-order chi connectivity index (χ0) is 18.6. The predicted molar refractivity (Wildman–Crippen MR) is 98.9 cm³/mol. The molecule has 1 aromatic rings. The first-order chi connectivity index (χ1) is 12.6. The fourth-order valence-corrected chi connectivity index (χ4v) is 3.87. The molecule has 2 heterocycles. The molecule has 1 unspecified atom stereocenters. The van der Waals surface area contributed by atoms with E-state index in [1.165, 1.54) is 5.57 Å². The van der Waals surface area contributed by atoms with Gasteiger partial charge in [0.15, 0.2) is 5.69 Å². The van der Waals surface area contributed by atoms with Crippen molar-refractivity contribution in [3.63, 3.8) is 0 Å². The first-order valence-corrected chi connectivity index (χ1v) is 9.75. The van der Waals surface area contributed by atoms with E-state index in [0.717, 1.165) is 50.2 Å². The van der Waals surface area contributed by atoms with Gasteiger partial charge in [0.1, 0.15) is 0 Å². The molecule has 0 saturated carbocycles. The molecule has 1 aromatic heterocycles. The smallest absolute Gasteiger partial charge is 0.359 e. The van der Waals surface area contributed by atoms with E-state index in [1.807, 2.05) is 18.5 Å². The van der Waals surface area contributed by atoms with Gasteiger partial charge < -0.3 is 14.2 Å². The second kappa shape index (κ2) is 8.35. The van der Waals surface area contributed by atoms with Crippen LogP contribution in [0.4, 0.5) is 0 Å². The molecule has 2 aliphatic rings. The Hall–Kier alpha value is -1.66. The Morgan fingerprint density at radius 1 is 1.35 bits per heavy atom. The fourth-order valence-electron chi connectivity index (χ4n) is 3.87. The van der Waals surface area contributed by atoms with E-state index >= 15 is 0 Å². The summed E-state index contributed by atoms with van der Waals surface area (Å²) in [4.78, 5) is 12.5. The molecule has 1 atom stereocenters. The summed E-state index contributed by atoms with van der Waals surface area (Å²) in [5.41, 5.74) is 3.77. The van der Waals surface area contributed by atoms with Crippen LogP contribution in [0.3, 0.4) is 0 Å². The van der Waals surface area contributed by atoms with Crippen molar-refractivity contribution in [2.75, 3.05) is 26.4 Å². The Kier molecular flexibility index (Phi) is 6.14. The number of ether oxygens (including phenoxy) is 3. The Bertz CT molecular complexity index is 680. The number of rotatable bonds is 7. The van der Waals surface area contributed by atoms with Crippen LogP contribution in [0.2, 0.25) is 0 Å². The number of hydrogen-bond acceptors (Lipinski definition) is 5. The lowest BCUT2D eigenvalue weighted by Gasteiger charge is -2.35. The molecule has 1 aliphatic carbocycles. The van der Waals surface area contributed by atoms with E-state index in [0.29, 0.717) is 32.1 Å². The molecule has 0 N–H and O–H groups in total. The monoisotopic (exact) mass is 362 g/mol. The molecule has 6 nitrogen and oxygen atoms in total. The van der Waals surface area contributed by atoms with E-state index in [2.05, 4.69) is 18.1 Å². The van der Waals surface area contributed by atoms with Crippen LogP contribution in [0.25, 0.3) is 5.57 Å². The van der Waals surface area contributed by atoms with Gasteiger partial charge in [0, 0.05) is 12.2 Å². The summed E-state index contributed by atoms with van der Waals surface area (Å²) in [6, 6.07) is 0. The lowest BCUT2D eigenvalue weighted by molar-refractivity contribution is 0.0422. The maximum Gasteiger partial charge on any atom is 0.359 e. The molecule has 0 fully saturated rings. The van der Waals surface area contributed by atoms with E-state index in [9.17, 15) is 4.79 Å². The molecule has 0 aromatic carbocycles. The highest BCUT2D eigenvalue weighted by Gasteiger charge is 2.34. The molecule has 1 aliphatic heterocycles. The van der Waals surface area contributed by atoms with Crippen LogP contribution >= 0.6 is 0 Å². The highest BCUT2D eigenvalue weighted by atomic mass is 16.5. The van der Waals surface area contributed by atoms with Crippen molar-refractivity contribution in [3.8, 4) is 0 Å². The second-order valence-corrected chi connectivity index (χ2v) is 7.09. The molecule has 0 spiro atoms. The highest BCUT2D eigenvalue weighted by molar-refractivity contribution is 5.94. The van der Waals surface area contributed by atoms with Gasteiger partial charge in [-0.25, -0.2) is 4.79 Å². The van der Waals surface area contributed by atoms with Crippen LogP contribution in [-0.4, -0.2) is 42.2 Å². The first-order valence-electron chi connectivity index (χ1n) is 9.75. The van der Waals surface area contributed by atoms with Crippen LogP contribution in [0, 0.1) is 5.41 Å². The summed E-state index contributed by atoms with van der Waals surface area (Å²) >= 11 is 0. The van der Waals surface area contributed by atoms with E-state index in [4.69, 9.17) is 14.2 Å². The van der Waals surface area contributed by atoms with Crippen LogP contribution in [0.1, 0.15) is 68.2 Å². The predicted octanol–water partition coefficient (Wildman–Crippen LogP) is 3.59. The maximum absolute atomic E-state index is 12.5. The first kappa shape index (κ1) is 19.1. The van der Waals surface area contributed by atoms with Gasteiger partial charge in [0.2, 0.25) is 0 Å². The van der Waals surface area contributed by atoms with Crippen molar-refractivity contribution >= 4 is 11.5 Å². The average Bonchev–Trinajstić information content (AvgIpc) is 3.07. The van der Waals surface area contributed by atoms with Crippen molar-refractivity contribution < 1.29 is 19.0 Å². The Morgan fingerprint density at radius 3 is 2.85 bits per heavy atom. The Morgan fingerprint density at radius 2 is 2.19 bits per heavy atom. The topological polar surface area (TPSA) is 62.6 Å². The fraction of sp³-hybridized carbons (Fsp3) is 0.700. The van der Waals surface area contributed by atoms with Gasteiger partial charge in [-0.15, -0.1) is 0 Å². The van der Waals surface area contributed by atoms with Gasteiger partial charge in [0.25, 0.3) is 0 Å². The third kappa shape index (κ3) is 3.71. The van der Waals surface area contributed by atoms with Gasteiger partial charge >= 0.3 is 5.97 Å². The number of esters is 1. The van der Waals surface area contributed by atoms with E-state index in [-0.39, 0.29) is 11.4 Å². The molecule has 144 valence electrons. The van der Waals surface area contributed by atoms with E-state index in [1.54, 1.807) is 0 Å². The standard InChI is InChI=1S/C20H30N2O4/c1-4-20(14-24-5-2)9-7-15(8-10-20)17-16-13-25-12-11-22(16)21-18(17)19(23)26-6-3/h7H,4-6,8-14H2,1-3H3. The summed E-state index contributed by atoms with van der Waals surface area (Å²) < 4.78 is 18.5. The van der Waals surface area contributed by atoms with Crippen LogP contribution in [0.5, 0.6) is 0 Å². The minimum Gasteiger partial charge on any atom is -0.461 e. The van der Waals surface area contributed by atoms with Crippen LogP contribution < -0.4 is 0 Å². The van der Waals surface area contributed by atoms with Crippen LogP contribution in [-0.2, 0) is 27.4 Å². The highest BCUT2D eigenvalue weighted by Crippen LogP contribution is 2.43. The molecule has 0 amide bonds. The van der Waals surface area contributed by atoms with Crippen molar-refractivity contribution in [2.45, 2.75) is 59.6 Å². The average molecular weight is 362 g/mol. The largest absolute Gasteiger partial charge is 0.461 e. The minimum atomic E-state index is -0.341. The minimum absolute atomic E-state index is 0.202. The number of aromatic nitrogens is 2. The number of carbonyl (C=O) groups is 1. The van der Waals surface area contributed by atoms with Crippen molar-refractivity contribution in [1.82, 2.24) is 9.78 Å². The normalized spacial score (nSPS) is 22.7. The summed E-state index contributed by atoms with van der Waals surface area (Å²) in [5.74, 6) is -0.341. The van der Waals surface area contributed by atoms with Gasteiger partial charge in [-0.05, 0) is 50.5 Å². The van der Waals surface area contributed by atoms with Gasteiger partial charge in [-0.3, -0.25) is 4.68 Å². The molecule has 26 heavy (non-hydrogen) atoms. The van der Waals surface area contributed by atoms with Gasteiger partial charge in [-0.2, -0.15) is 5.10 Å². The molecular formula is C20H30N2O4. The van der Waals surface area contributed by atoms with Gasteiger partial charge in [-0.1, -0.05) is 13.0 Å². The number of fused-ring (bicyclic) bond motifs is 1. The lowest BCUT2D eigenvalue weighted by atomic mass is 9.72. The summed E-state index contributed by atoms with van der Waals surface area (Å²) in [6.07, 6.45) is 6.32. The number of nitrogens with zero attached hydrogens (tertiary/aromatic N) is 2. The van der Waals surface area contributed by atoms with Crippen LogP contribution in [0.15, 0.2) is 6.08 Å². The van der Waals surface area contributed by atoms with E-state index < -0.39 is 0 Å². The summed E-state index contributed by atoms with van der Waals surface area (Å²) in [5, 5.41) is 4.55. The lowest BCUT2D eigenvalue weighted by Crippen LogP contribution is -2.28. The maximum atomic E-state index is 12.5. The second-order valence-electron chi connectivity index (χ2n) is 7.09. The zero-order valence-corrected chi connectivity index (χ0v) is 16.2. The quantitative estimate of drug-likeness (QED) is 0.694. The number of carbonyl (C=O) groups excluding carboxylic acids is 1. The third-order valence-corrected chi connectivity index (χ3v) is 5.60. The molecule has 0 bridgehead atoms. The Balaban J connectivity index is 1.92. The molecular weight excluding hydrogens is 332 g/mol. The molecule has 6 heteroatoms. The summed E-state index contributed by atoms with van der Waals surface area (Å²) in [7, 11) is 0. The zero-order valence-electron chi connectivity index (χ0n) is 16.2. The van der Waals surface area contributed by atoms with Crippen molar-refractivity contribution in [3.05, 3.63) is 23.0 Å². The third-order valence-electron chi connectivity index (χ3n) is 5.60.